The lowest BCUT2D eigenvalue weighted by Gasteiger charge is -2.12. The monoisotopic (exact) mass is 385 g/mol. The zero-order valence-corrected chi connectivity index (χ0v) is 14.1. The van der Waals surface area contributed by atoms with E-state index in [1.54, 1.807) is 24.3 Å². The van der Waals surface area contributed by atoms with Gasteiger partial charge >= 0.3 is 0 Å². The molecule has 0 aliphatic rings. The zero-order chi connectivity index (χ0) is 15.4. The number of methoxy groups -OCH3 is 1. The van der Waals surface area contributed by atoms with Crippen LogP contribution in [0.4, 0.5) is 0 Å². The van der Waals surface area contributed by atoms with Crippen molar-refractivity contribution in [2.45, 2.75) is 6.61 Å². The van der Waals surface area contributed by atoms with Gasteiger partial charge in [0.25, 0.3) is 0 Å². The minimum Gasteiger partial charge on any atom is -0.493 e. The average Bonchev–Trinajstić information content (AvgIpc) is 2.48. The van der Waals surface area contributed by atoms with Crippen molar-refractivity contribution in [3.63, 3.8) is 0 Å². The predicted molar refractivity (Wildman–Crippen MR) is 86.2 cm³/mol. The first-order chi connectivity index (χ1) is 10.0. The quantitative estimate of drug-likeness (QED) is 0.723. The second-order valence-electron chi connectivity index (χ2n) is 4.13. The third-order valence-electron chi connectivity index (χ3n) is 2.75. The standard InChI is InChI=1S/C15H10BrCl2NO2/c1-20-14-5-10(7-19)11(16)6-15(14)21-8-9-2-3-12(17)13(18)4-9/h2-6H,8H2,1H3. The summed E-state index contributed by atoms with van der Waals surface area (Å²) in [6.07, 6.45) is 0. The Morgan fingerprint density at radius 2 is 1.90 bits per heavy atom. The topological polar surface area (TPSA) is 42.2 Å². The van der Waals surface area contributed by atoms with Crippen LogP contribution in [-0.2, 0) is 6.61 Å². The van der Waals surface area contributed by atoms with Crippen molar-refractivity contribution >= 4 is 39.1 Å². The molecule has 0 spiro atoms. The number of nitrogens with zero attached hydrogens (tertiary/aromatic N) is 1. The van der Waals surface area contributed by atoms with Gasteiger partial charge < -0.3 is 9.47 Å². The van der Waals surface area contributed by atoms with E-state index in [0.717, 1.165) is 5.56 Å². The minimum atomic E-state index is 0.311. The molecule has 108 valence electrons. The van der Waals surface area contributed by atoms with Gasteiger partial charge in [-0.2, -0.15) is 5.26 Å². The molecule has 0 saturated carbocycles. The number of halogens is 3. The van der Waals surface area contributed by atoms with Gasteiger partial charge in [-0.3, -0.25) is 0 Å². The van der Waals surface area contributed by atoms with Crippen LogP contribution in [0, 0.1) is 11.3 Å². The Kier molecular flexibility index (Phi) is 5.35. The molecule has 0 aromatic heterocycles. The zero-order valence-electron chi connectivity index (χ0n) is 11.0. The molecule has 0 bridgehead atoms. The number of benzene rings is 2. The van der Waals surface area contributed by atoms with Crippen LogP contribution < -0.4 is 9.47 Å². The highest BCUT2D eigenvalue weighted by atomic mass is 79.9. The lowest BCUT2D eigenvalue weighted by atomic mass is 10.2. The number of hydrogen-bond donors (Lipinski definition) is 0. The normalized spacial score (nSPS) is 10.0. The Balaban J connectivity index is 2.21. The van der Waals surface area contributed by atoms with Crippen LogP contribution >= 0.6 is 39.1 Å². The highest BCUT2D eigenvalue weighted by Gasteiger charge is 2.10. The maximum atomic E-state index is 8.99. The molecule has 0 radical (unpaired) electrons. The second kappa shape index (κ2) is 7.04. The molecule has 0 atom stereocenters. The Morgan fingerprint density at radius 1 is 1.14 bits per heavy atom. The second-order valence-corrected chi connectivity index (χ2v) is 5.80. The molecule has 0 heterocycles. The van der Waals surface area contributed by atoms with E-state index < -0.39 is 0 Å². The van der Waals surface area contributed by atoms with E-state index >= 15 is 0 Å². The van der Waals surface area contributed by atoms with Crippen LogP contribution in [0.25, 0.3) is 0 Å². The molecule has 2 aromatic carbocycles. The molecule has 0 saturated heterocycles. The number of rotatable bonds is 4. The van der Waals surface area contributed by atoms with Crippen molar-refractivity contribution in [1.82, 2.24) is 0 Å². The van der Waals surface area contributed by atoms with Crippen molar-refractivity contribution in [1.29, 1.82) is 5.26 Å². The summed E-state index contributed by atoms with van der Waals surface area (Å²) in [5.41, 5.74) is 1.36. The Bertz CT molecular complexity index is 714. The van der Waals surface area contributed by atoms with Gasteiger partial charge in [-0.25, -0.2) is 0 Å². The summed E-state index contributed by atoms with van der Waals surface area (Å²) in [6, 6.07) is 10.7. The first-order valence-corrected chi connectivity index (χ1v) is 7.44. The van der Waals surface area contributed by atoms with E-state index in [1.165, 1.54) is 7.11 Å². The highest BCUT2D eigenvalue weighted by molar-refractivity contribution is 9.10. The maximum Gasteiger partial charge on any atom is 0.162 e. The molecule has 3 nitrogen and oxygen atoms in total. The third kappa shape index (κ3) is 3.82. The van der Waals surface area contributed by atoms with E-state index in [2.05, 4.69) is 22.0 Å². The Hall–Kier alpha value is -1.41. The molecule has 0 unspecified atom stereocenters. The van der Waals surface area contributed by atoms with Crippen molar-refractivity contribution in [3.8, 4) is 17.6 Å². The van der Waals surface area contributed by atoms with E-state index in [1.807, 2.05) is 6.07 Å². The van der Waals surface area contributed by atoms with Crippen LogP contribution in [-0.4, -0.2) is 7.11 Å². The van der Waals surface area contributed by atoms with Crippen molar-refractivity contribution in [3.05, 3.63) is 56.0 Å². The highest BCUT2D eigenvalue weighted by Crippen LogP contribution is 2.34. The van der Waals surface area contributed by atoms with E-state index in [-0.39, 0.29) is 0 Å². The van der Waals surface area contributed by atoms with Crippen LogP contribution in [0.3, 0.4) is 0 Å². The SMILES string of the molecule is COc1cc(C#N)c(Br)cc1OCc1ccc(Cl)c(Cl)c1. The Labute approximate surface area is 141 Å². The molecule has 2 aromatic rings. The fourth-order valence-corrected chi connectivity index (χ4v) is 2.42. The number of hydrogen-bond acceptors (Lipinski definition) is 3. The maximum absolute atomic E-state index is 8.99. The van der Waals surface area contributed by atoms with Gasteiger partial charge in [0, 0.05) is 10.5 Å². The smallest absolute Gasteiger partial charge is 0.162 e. The van der Waals surface area contributed by atoms with E-state index in [9.17, 15) is 0 Å². The summed E-state index contributed by atoms with van der Waals surface area (Å²) in [5, 5.41) is 9.97. The summed E-state index contributed by atoms with van der Waals surface area (Å²) < 4.78 is 11.6. The predicted octanol–water partition coefficient (Wildman–Crippen LogP) is 5.22. The molecule has 0 aliphatic heterocycles. The number of ether oxygens (including phenoxy) is 2. The Morgan fingerprint density at radius 3 is 2.52 bits per heavy atom. The molecule has 6 heteroatoms. The molecule has 21 heavy (non-hydrogen) atoms. The minimum absolute atomic E-state index is 0.311. The molecule has 2 rings (SSSR count). The fraction of sp³-hybridized carbons (Fsp3) is 0.133. The summed E-state index contributed by atoms with van der Waals surface area (Å²) in [7, 11) is 1.52. The van der Waals surface area contributed by atoms with Gasteiger partial charge in [-0.15, -0.1) is 0 Å². The summed E-state index contributed by atoms with van der Waals surface area (Å²) >= 11 is 15.2. The molecule has 0 aliphatic carbocycles. The van der Waals surface area contributed by atoms with Gasteiger partial charge in [-0.05, 0) is 39.7 Å². The summed E-state index contributed by atoms with van der Waals surface area (Å²) in [6.45, 7) is 0.311. The van der Waals surface area contributed by atoms with Gasteiger partial charge in [-0.1, -0.05) is 29.3 Å². The van der Waals surface area contributed by atoms with Crippen LogP contribution in [0.2, 0.25) is 10.0 Å². The molecular weight excluding hydrogens is 377 g/mol. The number of nitriles is 1. The summed E-state index contributed by atoms with van der Waals surface area (Å²) in [4.78, 5) is 0. The van der Waals surface area contributed by atoms with Crippen molar-refractivity contribution in [2.24, 2.45) is 0 Å². The average molecular weight is 387 g/mol. The first-order valence-electron chi connectivity index (χ1n) is 5.89. The first kappa shape index (κ1) is 16.0. The van der Waals surface area contributed by atoms with Crippen LogP contribution in [0.1, 0.15) is 11.1 Å². The van der Waals surface area contributed by atoms with Crippen LogP contribution in [0.15, 0.2) is 34.8 Å². The summed E-state index contributed by atoms with van der Waals surface area (Å²) in [5.74, 6) is 1.03. The lowest BCUT2D eigenvalue weighted by molar-refractivity contribution is 0.284. The molecular formula is C15H10BrCl2NO2. The molecule has 0 N–H and O–H groups in total. The molecule has 0 fully saturated rings. The largest absolute Gasteiger partial charge is 0.493 e. The van der Waals surface area contributed by atoms with Gasteiger partial charge in [0.2, 0.25) is 0 Å². The van der Waals surface area contributed by atoms with Crippen LogP contribution in [0.5, 0.6) is 11.5 Å². The third-order valence-corrected chi connectivity index (χ3v) is 4.15. The van der Waals surface area contributed by atoms with Gasteiger partial charge in [0.15, 0.2) is 11.5 Å². The lowest BCUT2D eigenvalue weighted by Crippen LogP contribution is -1.98. The van der Waals surface area contributed by atoms with Gasteiger partial charge in [0.1, 0.15) is 12.7 Å². The fourth-order valence-electron chi connectivity index (χ4n) is 1.68. The van der Waals surface area contributed by atoms with Crippen molar-refractivity contribution < 1.29 is 9.47 Å². The van der Waals surface area contributed by atoms with Crippen molar-refractivity contribution in [2.75, 3.05) is 7.11 Å². The van der Waals surface area contributed by atoms with Gasteiger partial charge in [0.05, 0.1) is 22.7 Å². The van der Waals surface area contributed by atoms with E-state index in [4.69, 9.17) is 37.9 Å². The van der Waals surface area contributed by atoms with E-state index in [0.29, 0.717) is 38.2 Å². The molecule has 0 amide bonds.